The molecule has 0 radical (unpaired) electrons. The van der Waals surface area contributed by atoms with Crippen LogP contribution >= 0.6 is 0 Å². The number of aliphatic hydroxyl groups is 2. The number of aryl methyl sites for hydroxylation is 1. The van der Waals surface area contributed by atoms with Crippen LogP contribution in [0, 0.1) is 12.3 Å². The Labute approximate surface area is 209 Å². The van der Waals surface area contributed by atoms with Crippen LogP contribution in [-0.4, -0.2) is 75.0 Å². The van der Waals surface area contributed by atoms with E-state index >= 15 is 0 Å². The van der Waals surface area contributed by atoms with Crippen molar-refractivity contribution in [2.45, 2.75) is 44.6 Å². The molecule has 2 aromatic carbocycles. The minimum Gasteiger partial charge on any atom is -0.394 e. The van der Waals surface area contributed by atoms with Crippen LogP contribution in [0.1, 0.15) is 31.9 Å². The molecule has 1 unspecified atom stereocenters. The second kappa shape index (κ2) is 15.3. The van der Waals surface area contributed by atoms with Gasteiger partial charge in [-0.1, -0.05) is 68.8 Å². The van der Waals surface area contributed by atoms with E-state index in [1.165, 1.54) is 12.1 Å². The third-order valence-corrected chi connectivity index (χ3v) is 6.24. The zero-order chi connectivity index (χ0) is 26.4. The van der Waals surface area contributed by atoms with Gasteiger partial charge in [0.1, 0.15) is 0 Å². The van der Waals surface area contributed by atoms with Crippen LogP contribution in [0.25, 0.3) is 0 Å². The molecule has 0 aliphatic rings. The molecule has 0 fully saturated rings. The summed E-state index contributed by atoms with van der Waals surface area (Å²) in [6.07, 6.45) is 0.549. The molecule has 0 heterocycles. The van der Waals surface area contributed by atoms with Crippen molar-refractivity contribution < 1.29 is 37.4 Å². The first kappa shape index (κ1) is 31.2. The van der Waals surface area contributed by atoms with Crippen LogP contribution in [0.5, 0.6) is 0 Å². The maximum absolute atomic E-state index is 11.1. The van der Waals surface area contributed by atoms with E-state index in [2.05, 4.69) is 0 Å². The molecule has 8 nitrogen and oxygen atoms in total. The highest BCUT2D eigenvalue weighted by atomic mass is 32.2. The summed E-state index contributed by atoms with van der Waals surface area (Å²) in [6.45, 7) is 10.3. The van der Waals surface area contributed by atoms with Crippen molar-refractivity contribution in [2.24, 2.45) is 5.41 Å². The standard InChI is InChI=1S/C19H32O5.C7H8O3S/c1-18(2,3)19(21,15-17-7-5-4-6-8-17)16-24-14-13-23-12-11-22-10-9-20;1-6-2-4-7(5-3-6)11(8,9)10/h4-8,20-21H,9-16H2,1-3H3;2-5H,1H3,(H,8,9,10). The summed E-state index contributed by atoms with van der Waals surface area (Å²) >= 11 is 0. The van der Waals surface area contributed by atoms with Gasteiger partial charge in [0, 0.05) is 6.42 Å². The molecule has 1 atom stereocenters. The highest BCUT2D eigenvalue weighted by Gasteiger charge is 2.40. The molecular formula is C26H40O8S. The van der Waals surface area contributed by atoms with E-state index in [4.69, 9.17) is 23.9 Å². The van der Waals surface area contributed by atoms with Crippen molar-refractivity contribution in [3.05, 3.63) is 65.7 Å². The zero-order valence-corrected chi connectivity index (χ0v) is 22.0. The number of aliphatic hydroxyl groups excluding tert-OH is 1. The first-order valence-corrected chi connectivity index (χ1v) is 13.0. The molecule has 35 heavy (non-hydrogen) atoms. The molecule has 2 rings (SSSR count). The lowest BCUT2D eigenvalue weighted by atomic mass is 9.73. The molecule has 0 aliphatic heterocycles. The third-order valence-electron chi connectivity index (χ3n) is 5.37. The second-order valence-corrected chi connectivity index (χ2v) is 10.7. The SMILES string of the molecule is CC(C)(C)C(O)(COCCOCCOCCO)Cc1ccccc1.Cc1ccc(S(=O)(=O)O)cc1. The maximum Gasteiger partial charge on any atom is 0.294 e. The highest BCUT2D eigenvalue weighted by Crippen LogP contribution is 2.33. The third kappa shape index (κ3) is 12.6. The van der Waals surface area contributed by atoms with E-state index in [9.17, 15) is 13.5 Å². The molecule has 0 saturated heterocycles. The fraction of sp³-hybridized carbons (Fsp3) is 0.538. The van der Waals surface area contributed by atoms with Gasteiger partial charge in [0.05, 0.1) is 56.7 Å². The number of ether oxygens (including phenoxy) is 3. The first-order chi connectivity index (χ1) is 16.4. The summed E-state index contributed by atoms with van der Waals surface area (Å²) in [6, 6.07) is 16.0. The summed E-state index contributed by atoms with van der Waals surface area (Å²) in [4.78, 5) is -0.0666. The summed E-state index contributed by atoms with van der Waals surface area (Å²) in [5, 5.41) is 19.7. The molecular weight excluding hydrogens is 472 g/mol. The Balaban J connectivity index is 0.000000462. The van der Waals surface area contributed by atoms with Crippen LogP contribution in [0.15, 0.2) is 59.5 Å². The average Bonchev–Trinajstić information content (AvgIpc) is 2.78. The first-order valence-electron chi connectivity index (χ1n) is 11.5. The predicted octanol–water partition coefficient (Wildman–Crippen LogP) is 3.29. The van der Waals surface area contributed by atoms with Crippen molar-refractivity contribution in [3.63, 3.8) is 0 Å². The Morgan fingerprint density at radius 1 is 0.800 bits per heavy atom. The topological polar surface area (TPSA) is 123 Å². The van der Waals surface area contributed by atoms with Crippen LogP contribution in [0.3, 0.4) is 0 Å². The minimum atomic E-state index is -4.02. The molecule has 9 heteroatoms. The van der Waals surface area contributed by atoms with Crippen LogP contribution in [0.2, 0.25) is 0 Å². The van der Waals surface area contributed by atoms with Crippen LogP contribution in [-0.2, 0) is 30.7 Å². The summed E-state index contributed by atoms with van der Waals surface area (Å²) in [5.41, 5.74) is 0.800. The molecule has 0 saturated carbocycles. The van der Waals surface area contributed by atoms with E-state index < -0.39 is 15.7 Å². The lowest BCUT2D eigenvalue weighted by Gasteiger charge is -2.40. The Morgan fingerprint density at radius 2 is 1.31 bits per heavy atom. The lowest BCUT2D eigenvalue weighted by molar-refractivity contribution is -0.119. The van der Waals surface area contributed by atoms with E-state index in [1.807, 2.05) is 58.0 Å². The smallest absolute Gasteiger partial charge is 0.294 e. The molecule has 0 aromatic heterocycles. The van der Waals surface area contributed by atoms with Gasteiger partial charge in [-0.2, -0.15) is 8.42 Å². The number of hydrogen-bond donors (Lipinski definition) is 3. The van der Waals surface area contributed by atoms with E-state index in [0.29, 0.717) is 39.5 Å². The second-order valence-electron chi connectivity index (χ2n) is 9.23. The lowest BCUT2D eigenvalue weighted by Crippen LogP contribution is -2.49. The monoisotopic (exact) mass is 512 g/mol. The average molecular weight is 513 g/mol. The van der Waals surface area contributed by atoms with E-state index in [1.54, 1.807) is 12.1 Å². The highest BCUT2D eigenvalue weighted by molar-refractivity contribution is 7.85. The maximum atomic E-state index is 11.1. The molecule has 198 valence electrons. The van der Waals surface area contributed by atoms with Gasteiger partial charge in [-0.05, 0) is 30.0 Å². The van der Waals surface area contributed by atoms with Gasteiger partial charge in [0.15, 0.2) is 0 Å². The molecule has 2 aromatic rings. The molecule has 0 amide bonds. The minimum absolute atomic E-state index is 0.0237. The number of rotatable bonds is 13. The zero-order valence-electron chi connectivity index (χ0n) is 21.1. The molecule has 0 bridgehead atoms. The Morgan fingerprint density at radius 3 is 1.80 bits per heavy atom. The van der Waals surface area contributed by atoms with Gasteiger partial charge >= 0.3 is 0 Å². The van der Waals surface area contributed by atoms with Crippen molar-refractivity contribution in [3.8, 4) is 0 Å². The van der Waals surface area contributed by atoms with Gasteiger partial charge < -0.3 is 24.4 Å². The molecule has 0 aliphatic carbocycles. The summed E-state index contributed by atoms with van der Waals surface area (Å²) < 4.78 is 45.7. The van der Waals surface area contributed by atoms with E-state index in [-0.39, 0.29) is 23.5 Å². The normalized spacial score (nSPS) is 13.6. The van der Waals surface area contributed by atoms with Gasteiger partial charge in [0.2, 0.25) is 0 Å². The number of hydrogen-bond acceptors (Lipinski definition) is 7. The Bertz CT molecular complexity index is 924. The Kier molecular flexibility index (Phi) is 13.6. The van der Waals surface area contributed by atoms with Gasteiger partial charge in [0.25, 0.3) is 10.1 Å². The fourth-order valence-electron chi connectivity index (χ4n) is 2.92. The molecule has 3 N–H and O–H groups in total. The van der Waals surface area contributed by atoms with Gasteiger partial charge in [-0.25, -0.2) is 0 Å². The van der Waals surface area contributed by atoms with Gasteiger partial charge in [-0.3, -0.25) is 4.55 Å². The van der Waals surface area contributed by atoms with Crippen LogP contribution in [0.4, 0.5) is 0 Å². The molecule has 0 spiro atoms. The van der Waals surface area contributed by atoms with Crippen molar-refractivity contribution in [2.75, 3.05) is 46.2 Å². The van der Waals surface area contributed by atoms with E-state index in [0.717, 1.165) is 11.1 Å². The van der Waals surface area contributed by atoms with Gasteiger partial charge in [-0.15, -0.1) is 0 Å². The predicted molar refractivity (Wildman–Crippen MR) is 135 cm³/mol. The van der Waals surface area contributed by atoms with Crippen molar-refractivity contribution in [1.82, 2.24) is 0 Å². The quantitative estimate of drug-likeness (QED) is 0.276. The Hall–Kier alpha value is -1.85. The van der Waals surface area contributed by atoms with Crippen molar-refractivity contribution >= 4 is 10.1 Å². The largest absolute Gasteiger partial charge is 0.394 e. The fourth-order valence-corrected chi connectivity index (χ4v) is 3.40. The van der Waals surface area contributed by atoms with Crippen LogP contribution < -0.4 is 0 Å². The summed E-state index contributed by atoms with van der Waals surface area (Å²) in [5.74, 6) is 0. The number of benzene rings is 2. The van der Waals surface area contributed by atoms with Crippen molar-refractivity contribution in [1.29, 1.82) is 0 Å². The summed E-state index contributed by atoms with van der Waals surface area (Å²) in [7, 11) is -4.02.